The Morgan fingerprint density at radius 3 is 2.63 bits per heavy atom. The van der Waals surface area contributed by atoms with E-state index in [4.69, 9.17) is 4.74 Å². The quantitative estimate of drug-likeness (QED) is 0.569. The lowest BCUT2D eigenvalue weighted by atomic mass is 10.0. The molecule has 0 amide bonds. The third-order valence-corrected chi connectivity index (χ3v) is 4.93. The first-order chi connectivity index (χ1) is 13.0. The van der Waals surface area contributed by atoms with E-state index in [1.807, 2.05) is 12.1 Å². The van der Waals surface area contributed by atoms with Gasteiger partial charge in [-0.2, -0.15) is 5.10 Å². The number of ether oxygens (including phenoxy) is 1. The van der Waals surface area contributed by atoms with E-state index in [1.54, 1.807) is 37.3 Å². The SMILES string of the molecule is C[C@H](OC(=O)c1n[nH]c(=O)c2ccccc12)C(=O)c1ccc2c(c1)CCC2. The number of hydrogen-bond donors (Lipinski definition) is 1. The van der Waals surface area contributed by atoms with Crippen LogP contribution in [0.15, 0.2) is 47.3 Å². The zero-order valence-electron chi connectivity index (χ0n) is 14.8. The van der Waals surface area contributed by atoms with Crippen molar-refractivity contribution in [3.63, 3.8) is 0 Å². The number of aromatic nitrogens is 2. The molecule has 2 aromatic carbocycles. The van der Waals surface area contributed by atoms with Gasteiger partial charge in [-0.3, -0.25) is 9.59 Å². The second-order valence-electron chi connectivity index (χ2n) is 6.70. The molecule has 0 bridgehead atoms. The van der Waals surface area contributed by atoms with Gasteiger partial charge < -0.3 is 4.74 Å². The average Bonchev–Trinajstić information content (AvgIpc) is 3.15. The molecule has 6 heteroatoms. The number of carbonyl (C=O) groups is 2. The van der Waals surface area contributed by atoms with Crippen molar-refractivity contribution < 1.29 is 14.3 Å². The third kappa shape index (κ3) is 3.14. The summed E-state index contributed by atoms with van der Waals surface area (Å²) in [5.41, 5.74) is 2.60. The number of aryl methyl sites for hydroxylation is 2. The summed E-state index contributed by atoms with van der Waals surface area (Å²) in [5, 5.41) is 6.85. The number of Topliss-reactive ketones (excluding diaryl/α,β-unsaturated/α-hetero) is 1. The highest BCUT2D eigenvalue weighted by molar-refractivity contribution is 6.05. The Balaban J connectivity index is 1.57. The number of fused-ring (bicyclic) bond motifs is 2. The van der Waals surface area contributed by atoms with E-state index >= 15 is 0 Å². The number of rotatable bonds is 4. The first kappa shape index (κ1) is 17.1. The van der Waals surface area contributed by atoms with Gasteiger partial charge in [0.1, 0.15) is 0 Å². The van der Waals surface area contributed by atoms with Gasteiger partial charge >= 0.3 is 5.97 Å². The number of hydrogen-bond acceptors (Lipinski definition) is 5. The molecule has 0 saturated carbocycles. The van der Waals surface area contributed by atoms with Crippen LogP contribution in [0.3, 0.4) is 0 Å². The standard InChI is InChI=1S/C21H18N2O4/c1-12(19(24)15-10-9-13-5-4-6-14(13)11-15)27-21(26)18-16-7-2-3-8-17(16)20(25)23-22-18/h2-3,7-12H,4-6H2,1H3,(H,23,25)/t12-/m0/s1. The van der Waals surface area contributed by atoms with Gasteiger partial charge in [0, 0.05) is 10.9 Å². The Hall–Kier alpha value is -3.28. The van der Waals surface area contributed by atoms with Gasteiger partial charge in [0.05, 0.1) is 5.39 Å². The predicted octanol–water partition coefficient (Wildman–Crippen LogP) is 2.84. The topological polar surface area (TPSA) is 89.1 Å². The Morgan fingerprint density at radius 1 is 1.07 bits per heavy atom. The molecule has 0 saturated heterocycles. The molecule has 1 aliphatic carbocycles. The van der Waals surface area contributed by atoms with Crippen LogP contribution in [0.2, 0.25) is 0 Å². The van der Waals surface area contributed by atoms with E-state index in [1.165, 1.54) is 11.1 Å². The number of H-pyrrole nitrogens is 1. The van der Waals surface area contributed by atoms with E-state index in [0.29, 0.717) is 16.3 Å². The van der Waals surface area contributed by atoms with Crippen LogP contribution in [-0.4, -0.2) is 28.1 Å². The largest absolute Gasteiger partial charge is 0.449 e. The van der Waals surface area contributed by atoms with Crippen LogP contribution in [0.5, 0.6) is 0 Å². The lowest BCUT2D eigenvalue weighted by Gasteiger charge is -2.13. The summed E-state index contributed by atoms with van der Waals surface area (Å²) in [5.74, 6) is -1.00. The molecule has 4 rings (SSSR count). The van der Waals surface area contributed by atoms with E-state index in [-0.39, 0.29) is 17.0 Å². The first-order valence-corrected chi connectivity index (χ1v) is 8.89. The van der Waals surface area contributed by atoms with Crippen molar-refractivity contribution >= 4 is 22.5 Å². The summed E-state index contributed by atoms with van der Waals surface area (Å²) in [6.45, 7) is 1.54. The number of ketones is 1. The molecule has 1 atom stereocenters. The summed E-state index contributed by atoms with van der Waals surface area (Å²) in [6, 6.07) is 12.3. The third-order valence-electron chi connectivity index (χ3n) is 4.93. The lowest BCUT2D eigenvalue weighted by molar-refractivity contribution is 0.0314. The van der Waals surface area contributed by atoms with Crippen molar-refractivity contribution in [2.24, 2.45) is 0 Å². The van der Waals surface area contributed by atoms with E-state index in [2.05, 4.69) is 10.2 Å². The van der Waals surface area contributed by atoms with Gasteiger partial charge in [-0.15, -0.1) is 0 Å². The Morgan fingerprint density at radius 2 is 1.81 bits per heavy atom. The maximum Gasteiger partial charge on any atom is 0.360 e. The molecular formula is C21H18N2O4. The minimum atomic E-state index is -0.954. The van der Waals surface area contributed by atoms with Gasteiger partial charge in [-0.05, 0) is 49.4 Å². The van der Waals surface area contributed by atoms with Crippen molar-refractivity contribution in [1.29, 1.82) is 0 Å². The van der Waals surface area contributed by atoms with E-state index in [9.17, 15) is 14.4 Å². The number of nitrogens with one attached hydrogen (secondary N) is 1. The maximum absolute atomic E-state index is 12.7. The minimum Gasteiger partial charge on any atom is -0.449 e. The summed E-state index contributed by atoms with van der Waals surface area (Å²) in [6.07, 6.45) is 2.16. The molecule has 1 aliphatic rings. The van der Waals surface area contributed by atoms with Crippen LogP contribution in [0, 0.1) is 0 Å². The monoisotopic (exact) mass is 362 g/mol. The molecule has 1 aromatic heterocycles. The first-order valence-electron chi connectivity index (χ1n) is 8.89. The van der Waals surface area contributed by atoms with Crippen molar-refractivity contribution in [1.82, 2.24) is 10.2 Å². The molecule has 27 heavy (non-hydrogen) atoms. The number of benzene rings is 2. The summed E-state index contributed by atoms with van der Waals surface area (Å²) in [4.78, 5) is 37.1. The fourth-order valence-electron chi connectivity index (χ4n) is 3.50. The summed E-state index contributed by atoms with van der Waals surface area (Å²) in [7, 11) is 0. The van der Waals surface area contributed by atoms with Crippen LogP contribution >= 0.6 is 0 Å². The molecule has 3 aromatic rings. The fourth-order valence-corrected chi connectivity index (χ4v) is 3.50. The number of nitrogens with zero attached hydrogens (tertiary/aromatic N) is 1. The molecule has 136 valence electrons. The highest BCUT2D eigenvalue weighted by Crippen LogP contribution is 2.24. The van der Waals surface area contributed by atoms with Crippen LogP contribution in [0.25, 0.3) is 10.8 Å². The number of esters is 1. The van der Waals surface area contributed by atoms with Crippen LogP contribution < -0.4 is 5.56 Å². The molecule has 0 spiro atoms. The lowest BCUT2D eigenvalue weighted by Crippen LogP contribution is -2.26. The smallest absolute Gasteiger partial charge is 0.360 e. The van der Waals surface area contributed by atoms with Crippen molar-refractivity contribution in [2.45, 2.75) is 32.3 Å². The minimum absolute atomic E-state index is 0.0150. The normalized spacial score (nSPS) is 14.0. The molecule has 1 heterocycles. The van der Waals surface area contributed by atoms with Crippen LogP contribution in [0.1, 0.15) is 45.3 Å². The maximum atomic E-state index is 12.7. The fraction of sp³-hybridized carbons (Fsp3) is 0.238. The highest BCUT2D eigenvalue weighted by Gasteiger charge is 2.24. The number of aromatic amines is 1. The molecule has 0 unspecified atom stereocenters. The van der Waals surface area contributed by atoms with Crippen LogP contribution in [0.4, 0.5) is 0 Å². The van der Waals surface area contributed by atoms with Gasteiger partial charge in [0.25, 0.3) is 5.56 Å². The highest BCUT2D eigenvalue weighted by atomic mass is 16.5. The second kappa shape index (κ2) is 6.79. The van der Waals surface area contributed by atoms with Crippen molar-refractivity contribution in [3.05, 3.63) is 75.2 Å². The second-order valence-corrected chi connectivity index (χ2v) is 6.70. The van der Waals surface area contributed by atoms with E-state index < -0.39 is 12.1 Å². The molecule has 6 nitrogen and oxygen atoms in total. The van der Waals surface area contributed by atoms with Crippen LogP contribution in [-0.2, 0) is 17.6 Å². The molecule has 1 N–H and O–H groups in total. The average molecular weight is 362 g/mol. The summed E-state index contributed by atoms with van der Waals surface area (Å²) >= 11 is 0. The van der Waals surface area contributed by atoms with Gasteiger partial charge in [-0.25, -0.2) is 9.89 Å². The molecule has 0 aliphatic heterocycles. The zero-order valence-corrected chi connectivity index (χ0v) is 14.8. The Labute approximate surface area is 155 Å². The van der Waals surface area contributed by atoms with Gasteiger partial charge in [0.2, 0.25) is 5.78 Å². The molecular weight excluding hydrogens is 344 g/mol. The summed E-state index contributed by atoms with van der Waals surface area (Å²) < 4.78 is 5.35. The zero-order chi connectivity index (χ0) is 19.0. The van der Waals surface area contributed by atoms with Crippen molar-refractivity contribution in [3.8, 4) is 0 Å². The molecule has 0 radical (unpaired) electrons. The van der Waals surface area contributed by atoms with E-state index in [0.717, 1.165) is 19.3 Å². The van der Waals surface area contributed by atoms with Gasteiger partial charge in [0.15, 0.2) is 11.8 Å². The van der Waals surface area contributed by atoms with Crippen molar-refractivity contribution in [2.75, 3.05) is 0 Å². The van der Waals surface area contributed by atoms with Gasteiger partial charge in [-0.1, -0.05) is 30.3 Å². The predicted molar refractivity (Wildman–Crippen MR) is 100 cm³/mol. The Kier molecular flexibility index (Phi) is 4.32. The Bertz CT molecular complexity index is 1120. The number of carbonyl (C=O) groups excluding carboxylic acids is 2. The molecule has 0 fully saturated rings.